The lowest BCUT2D eigenvalue weighted by molar-refractivity contribution is 0.148. The van der Waals surface area contributed by atoms with Crippen molar-refractivity contribution in [2.75, 3.05) is 18.0 Å². The van der Waals surface area contributed by atoms with Gasteiger partial charge in [0.2, 0.25) is 5.65 Å². The number of fused-ring (bicyclic) bond motifs is 2. The lowest BCUT2D eigenvalue weighted by atomic mass is 9.99. The minimum atomic E-state index is -0.413. The third-order valence-corrected chi connectivity index (χ3v) is 5.75. The molecule has 4 aromatic rings. The van der Waals surface area contributed by atoms with Gasteiger partial charge in [-0.15, -0.1) is 10.2 Å². The first-order valence-corrected chi connectivity index (χ1v) is 9.55. The van der Waals surface area contributed by atoms with E-state index in [1.165, 1.54) is 0 Å². The van der Waals surface area contributed by atoms with Crippen LogP contribution in [0.4, 0.5) is 5.69 Å². The van der Waals surface area contributed by atoms with Crippen LogP contribution in [0, 0.1) is 19.8 Å². The summed E-state index contributed by atoms with van der Waals surface area (Å²) in [6.45, 7) is 5.37. The highest BCUT2D eigenvalue weighted by atomic mass is 16.3. The molecule has 1 saturated heterocycles. The van der Waals surface area contributed by atoms with Crippen LogP contribution in [0.5, 0.6) is 0 Å². The Morgan fingerprint density at radius 2 is 1.96 bits per heavy atom. The van der Waals surface area contributed by atoms with Crippen LogP contribution in [-0.4, -0.2) is 49.1 Å². The molecule has 142 valence electrons. The van der Waals surface area contributed by atoms with Crippen LogP contribution < -0.4 is 4.90 Å². The molecule has 0 radical (unpaired) electrons. The summed E-state index contributed by atoms with van der Waals surface area (Å²) < 4.78 is 1.71. The summed E-state index contributed by atoms with van der Waals surface area (Å²) in [5, 5.41) is 24.6. The summed E-state index contributed by atoms with van der Waals surface area (Å²) in [5.41, 5.74) is 5.78. The van der Waals surface area contributed by atoms with Gasteiger partial charge in [0.05, 0.1) is 23.0 Å². The number of hydrogen-bond acceptors (Lipinski definition) is 6. The first kappa shape index (κ1) is 17.1. The van der Waals surface area contributed by atoms with Crippen LogP contribution in [0.1, 0.15) is 17.0 Å². The normalized spacial score (nSPS) is 19.8. The van der Waals surface area contributed by atoms with E-state index < -0.39 is 6.10 Å². The molecule has 4 heterocycles. The van der Waals surface area contributed by atoms with E-state index in [1.54, 1.807) is 10.8 Å². The predicted octanol–water partition coefficient (Wildman–Crippen LogP) is 2.33. The smallest absolute Gasteiger partial charge is 0.201 e. The molecular formula is C21H22N6O. The van der Waals surface area contributed by atoms with Gasteiger partial charge in [0, 0.05) is 30.1 Å². The van der Waals surface area contributed by atoms with Gasteiger partial charge in [0.1, 0.15) is 6.33 Å². The molecule has 1 aliphatic heterocycles. The van der Waals surface area contributed by atoms with E-state index in [0.29, 0.717) is 6.54 Å². The van der Waals surface area contributed by atoms with Crippen molar-refractivity contribution >= 4 is 22.2 Å². The number of rotatable bonds is 3. The zero-order valence-electron chi connectivity index (χ0n) is 15.9. The van der Waals surface area contributed by atoms with Crippen molar-refractivity contribution in [2.45, 2.75) is 26.4 Å². The quantitative estimate of drug-likeness (QED) is 0.593. The number of hydrogen-bond donors (Lipinski definition) is 1. The van der Waals surface area contributed by atoms with Crippen molar-refractivity contribution in [1.82, 2.24) is 24.8 Å². The van der Waals surface area contributed by atoms with Crippen molar-refractivity contribution in [3.05, 3.63) is 59.7 Å². The predicted molar refractivity (Wildman–Crippen MR) is 107 cm³/mol. The Morgan fingerprint density at radius 1 is 1.11 bits per heavy atom. The van der Waals surface area contributed by atoms with E-state index in [1.807, 2.05) is 25.1 Å². The fraction of sp³-hybridized carbons (Fsp3) is 0.333. The van der Waals surface area contributed by atoms with E-state index in [9.17, 15) is 5.11 Å². The lowest BCUT2D eigenvalue weighted by Crippen LogP contribution is -2.23. The minimum Gasteiger partial charge on any atom is -0.391 e. The molecule has 2 atom stereocenters. The highest BCUT2D eigenvalue weighted by Crippen LogP contribution is 2.32. The van der Waals surface area contributed by atoms with E-state index >= 15 is 0 Å². The monoisotopic (exact) mass is 374 g/mol. The summed E-state index contributed by atoms with van der Waals surface area (Å²) in [7, 11) is 0. The third kappa shape index (κ3) is 2.79. The minimum absolute atomic E-state index is 0.115. The largest absolute Gasteiger partial charge is 0.391 e. The zero-order valence-corrected chi connectivity index (χ0v) is 15.9. The molecule has 0 bridgehead atoms. The van der Waals surface area contributed by atoms with Crippen LogP contribution >= 0.6 is 0 Å². The van der Waals surface area contributed by atoms with Gasteiger partial charge in [-0.05, 0) is 38.0 Å². The number of β-amino-alcohol motifs (C(OH)–C–C–N with tert-alkyl or cyclic N) is 1. The highest BCUT2D eigenvalue weighted by Gasteiger charge is 2.34. The maximum absolute atomic E-state index is 10.8. The molecule has 28 heavy (non-hydrogen) atoms. The fourth-order valence-corrected chi connectivity index (χ4v) is 4.14. The molecule has 0 unspecified atom stereocenters. The molecule has 7 heteroatoms. The molecule has 0 saturated carbocycles. The number of anilines is 1. The van der Waals surface area contributed by atoms with Crippen molar-refractivity contribution in [2.24, 2.45) is 5.92 Å². The number of benzene rings is 1. The van der Waals surface area contributed by atoms with Crippen LogP contribution in [0.25, 0.3) is 16.6 Å². The molecule has 1 N–H and O–H groups in total. The molecule has 1 aliphatic rings. The Bertz CT molecular complexity index is 1170. The van der Waals surface area contributed by atoms with Gasteiger partial charge in [0.15, 0.2) is 0 Å². The molecule has 1 fully saturated rings. The van der Waals surface area contributed by atoms with Gasteiger partial charge >= 0.3 is 0 Å². The molecule has 0 aliphatic carbocycles. The van der Waals surface area contributed by atoms with Crippen molar-refractivity contribution in [3.8, 4) is 0 Å². The summed E-state index contributed by atoms with van der Waals surface area (Å²) in [4.78, 5) is 6.99. The summed E-state index contributed by atoms with van der Waals surface area (Å²) in [5.74, 6) is 0.115. The Morgan fingerprint density at radius 3 is 2.86 bits per heavy atom. The molecule has 5 rings (SSSR count). The fourth-order valence-electron chi connectivity index (χ4n) is 4.14. The van der Waals surface area contributed by atoms with Gasteiger partial charge in [-0.25, -0.2) is 0 Å². The molecule has 0 amide bonds. The van der Waals surface area contributed by atoms with Crippen LogP contribution in [0.2, 0.25) is 0 Å². The summed E-state index contributed by atoms with van der Waals surface area (Å²) >= 11 is 0. The molecule has 3 aromatic heterocycles. The summed E-state index contributed by atoms with van der Waals surface area (Å²) in [6.07, 6.45) is 1.95. The SMILES string of the molecule is Cc1nn2cnnc2c(N2C[C@@H](Cc3ccc4ccccc4n3)[C@H](O)C2)c1C. The van der Waals surface area contributed by atoms with Gasteiger partial charge in [-0.2, -0.15) is 9.61 Å². The first-order valence-electron chi connectivity index (χ1n) is 9.55. The standard InChI is InChI=1S/C21H22N6O/c1-13-14(2)25-27-12-22-24-21(27)20(13)26-10-16(19(28)11-26)9-17-8-7-15-5-3-4-6-18(15)23-17/h3-8,12,16,19,28H,9-11H2,1-2H3/t16-,19-/m1/s1. The number of aliphatic hydroxyl groups is 1. The topological polar surface area (TPSA) is 79.4 Å². The van der Waals surface area contributed by atoms with Gasteiger partial charge in [0.25, 0.3) is 0 Å². The van der Waals surface area contributed by atoms with Gasteiger partial charge in [-0.1, -0.05) is 24.3 Å². The van der Waals surface area contributed by atoms with Crippen LogP contribution in [-0.2, 0) is 6.42 Å². The van der Waals surface area contributed by atoms with E-state index in [0.717, 1.165) is 52.2 Å². The van der Waals surface area contributed by atoms with Gasteiger partial charge < -0.3 is 10.0 Å². The molecule has 1 aromatic carbocycles. The molecular weight excluding hydrogens is 352 g/mol. The van der Waals surface area contributed by atoms with Crippen molar-refractivity contribution < 1.29 is 5.11 Å². The highest BCUT2D eigenvalue weighted by molar-refractivity contribution is 5.78. The number of nitrogens with zero attached hydrogens (tertiary/aromatic N) is 6. The second-order valence-electron chi connectivity index (χ2n) is 7.59. The van der Waals surface area contributed by atoms with E-state index in [2.05, 4.69) is 45.3 Å². The lowest BCUT2D eigenvalue weighted by Gasteiger charge is -2.21. The number of aliphatic hydroxyl groups excluding tert-OH is 1. The van der Waals surface area contributed by atoms with Gasteiger partial charge in [-0.3, -0.25) is 4.98 Å². The molecule has 0 spiro atoms. The Labute approximate surface area is 162 Å². The first-order chi connectivity index (χ1) is 13.6. The van der Waals surface area contributed by atoms with Crippen molar-refractivity contribution in [1.29, 1.82) is 0 Å². The van der Waals surface area contributed by atoms with Crippen LogP contribution in [0.15, 0.2) is 42.7 Å². The zero-order chi connectivity index (χ0) is 19.3. The number of pyridine rings is 1. The van der Waals surface area contributed by atoms with E-state index in [-0.39, 0.29) is 5.92 Å². The number of aromatic nitrogens is 5. The maximum Gasteiger partial charge on any atom is 0.201 e. The third-order valence-electron chi connectivity index (χ3n) is 5.75. The number of para-hydroxylation sites is 1. The van der Waals surface area contributed by atoms with Crippen molar-refractivity contribution in [3.63, 3.8) is 0 Å². The Hall–Kier alpha value is -3.06. The average Bonchev–Trinajstić information content (AvgIpc) is 3.29. The Kier molecular flexibility index (Phi) is 3.98. The second kappa shape index (κ2) is 6.53. The maximum atomic E-state index is 10.8. The van der Waals surface area contributed by atoms with E-state index in [4.69, 9.17) is 4.98 Å². The molecule has 7 nitrogen and oxygen atoms in total. The number of aryl methyl sites for hydroxylation is 1. The second-order valence-corrected chi connectivity index (χ2v) is 7.59. The average molecular weight is 374 g/mol. The summed E-state index contributed by atoms with van der Waals surface area (Å²) in [6, 6.07) is 12.3. The van der Waals surface area contributed by atoms with Crippen LogP contribution in [0.3, 0.4) is 0 Å². The Balaban J connectivity index is 1.44.